The van der Waals surface area contributed by atoms with Gasteiger partial charge in [-0.15, -0.1) is 0 Å². The summed E-state index contributed by atoms with van der Waals surface area (Å²) in [6.07, 6.45) is 4.51. The number of aliphatic hydroxyl groups is 1. The average Bonchev–Trinajstić information content (AvgIpc) is 2.36. The van der Waals surface area contributed by atoms with E-state index in [0.29, 0.717) is 0 Å². The highest BCUT2D eigenvalue weighted by Crippen LogP contribution is 2.05. The van der Waals surface area contributed by atoms with Crippen molar-refractivity contribution in [3.8, 4) is 0 Å². The van der Waals surface area contributed by atoms with Gasteiger partial charge in [0, 0.05) is 33.3 Å². The lowest BCUT2D eigenvalue weighted by molar-refractivity contribution is 0.254. The lowest BCUT2D eigenvalue weighted by Crippen LogP contribution is -2.25. The molecule has 0 amide bonds. The number of aliphatic hydroxyl groups excluding tert-OH is 1. The lowest BCUT2D eigenvalue weighted by atomic mass is 10.3. The minimum absolute atomic E-state index is 0.215. The predicted molar refractivity (Wildman–Crippen MR) is 73.1 cm³/mol. The number of nitrogens with one attached hydrogen (secondary N) is 2. The van der Waals surface area contributed by atoms with Gasteiger partial charge in [-0.3, -0.25) is 0 Å². The molecule has 0 aromatic heterocycles. The van der Waals surface area contributed by atoms with E-state index in [1.54, 1.807) is 6.34 Å². The molecule has 0 aromatic carbocycles. The molecule has 0 bridgehead atoms. The van der Waals surface area contributed by atoms with Crippen molar-refractivity contribution in [1.82, 2.24) is 15.5 Å². The Balaban J connectivity index is 4.49. The molecule has 0 heterocycles. The number of hydrogen-bond donors (Lipinski definition) is 3. The van der Waals surface area contributed by atoms with Gasteiger partial charge in [-0.1, -0.05) is 6.92 Å². The molecule has 0 unspecified atom stereocenters. The third kappa shape index (κ3) is 7.76. The normalized spacial score (nSPS) is 12.1. The summed E-state index contributed by atoms with van der Waals surface area (Å²) in [5.74, 6) is 0.941. The number of rotatable bonds is 10. The van der Waals surface area contributed by atoms with Gasteiger partial charge in [0.15, 0.2) is 0 Å². The van der Waals surface area contributed by atoms with E-state index in [-0.39, 0.29) is 6.61 Å². The van der Waals surface area contributed by atoms with E-state index < -0.39 is 0 Å². The van der Waals surface area contributed by atoms with Crippen molar-refractivity contribution >= 4 is 6.34 Å². The van der Waals surface area contributed by atoms with Gasteiger partial charge in [0.25, 0.3) is 0 Å². The summed E-state index contributed by atoms with van der Waals surface area (Å²) >= 11 is 0. The van der Waals surface area contributed by atoms with Gasteiger partial charge in [-0.05, 0) is 26.0 Å². The van der Waals surface area contributed by atoms with Crippen molar-refractivity contribution in [3.63, 3.8) is 0 Å². The van der Waals surface area contributed by atoms with Crippen LogP contribution in [0.1, 0.15) is 20.3 Å². The van der Waals surface area contributed by atoms with E-state index in [1.165, 1.54) is 0 Å². The van der Waals surface area contributed by atoms with E-state index in [0.717, 1.165) is 38.4 Å². The Hall–Kier alpha value is -1.07. The molecule has 17 heavy (non-hydrogen) atoms. The molecule has 0 aliphatic heterocycles. The highest BCUT2D eigenvalue weighted by atomic mass is 16.3. The SMILES string of the molecule is CCNC/C=C(\N=C/NC)N(CC)CCCO. The molecule has 0 saturated heterocycles. The van der Waals surface area contributed by atoms with Crippen LogP contribution in [0.25, 0.3) is 0 Å². The van der Waals surface area contributed by atoms with E-state index in [1.807, 2.05) is 7.05 Å². The highest BCUT2D eigenvalue weighted by Gasteiger charge is 2.04. The first kappa shape index (κ1) is 15.9. The van der Waals surface area contributed by atoms with Gasteiger partial charge in [0.1, 0.15) is 5.82 Å². The zero-order valence-corrected chi connectivity index (χ0v) is 11.2. The fraction of sp³-hybridized carbons (Fsp3) is 0.750. The van der Waals surface area contributed by atoms with Crippen molar-refractivity contribution in [2.75, 3.05) is 39.8 Å². The molecule has 0 fully saturated rings. The summed E-state index contributed by atoms with van der Waals surface area (Å²) in [5.41, 5.74) is 0. The maximum atomic E-state index is 8.87. The first-order valence-corrected chi connectivity index (χ1v) is 6.26. The smallest absolute Gasteiger partial charge is 0.127 e. The maximum Gasteiger partial charge on any atom is 0.127 e. The van der Waals surface area contributed by atoms with Crippen molar-refractivity contribution in [2.24, 2.45) is 4.99 Å². The largest absolute Gasteiger partial charge is 0.396 e. The van der Waals surface area contributed by atoms with Crippen molar-refractivity contribution < 1.29 is 5.11 Å². The van der Waals surface area contributed by atoms with Crippen LogP contribution in [-0.2, 0) is 0 Å². The van der Waals surface area contributed by atoms with Gasteiger partial charge in [0.05, 0.1) is 6.34 Å². The van der Waals surface area contributed by atoms with Gasteiger partial charge >= 0.3 is 0 Å². The topological polar surface area (TPSA) is 59.9 Å². The molecular formula is C12H26N4O. The average molecular weight is 242 g/mol. The van der Waals surface area contributed by atoms with Gasteiger partial charge < -0.3 is 20.6 Å². The van der Waals surface area contributed by atoms with Gasteiger partial charge in [-0.2, -0.15) is 0 Å². The van der Waals surface area contributed by atoms with Crippen molar-refractivity contribution in [2.45, 2.75) is 20.3 Å². The second-order valence-electron chi connectivity index (χ2n) is 3.57. The number of aliphatic imine (C=N–C) groups is 1. The number of likely N-dealkylation sites (N-methyl/N-ethyl adjacent to an activating group) is 1. The Morgan fingerprint density at radius 1 is 1.41 bits per heavy atom. The minimum atomic E-state index is 0.215. The molecule has 0 atom stereocenters. The molecule has 0 rings (SSSR count). The van der Waals surface area contributed by atoms with Crippen LogP contribution in [0, 0.1) is 0 Å². The lowest BCUT2D eigenvalue weighted by Gasteiger charge is -2.22. The Bertz CT molecular complexity index is 229. The standard InChI is InChI=1S/C12H26N4O/c1-4-14-8-7-12(15-11-13-3)16(5-2)9-6-10-17/h7,11,14,17H,4-6,8-10H2,1-3H3,(H,13,15)/b12-7+. The highest BCUT2D eigenvalue weighted by molar-refractivity contribution is 5.55. The Morgan fingerprint density at radius 3 is 2.71 bits per heavy atom. The van der Waals surface area contributed by atoms with Crippen LogP contribution in [0.2, 0.25) is 0 Å². The van der Waals surface area contributed by atoms with E-state index in [9.17, 15) is 0 Å². The molecule has 0 saturated carbocycles. The molecule has 100 valence electrons. The monoisotopic (exact) mass is 242 g/mol. The molecular weight excluding hydrogens is 216 g/mol. The zero-order chi connectivity index (χ0) is 12.9. The molecule has 0 aliphatic rings. The van der Waals surface area contributed by atoms with Gasteiger partial charge in [-0.25, -0.2) is 4.99 Å². The molecule has 3 N–H and O–H groups in total. The maximum absolute atomic E-state index is 8.87. The molecule has 0 spiro atoms. The number of hydrogen-bond acceptors (Lipinski definition) is 4. The third-order valence-corrected chi connectivity index (χ3v) is 2.30. The molecule has 5 heteroatoms. The summed E-state index contributed by atoms with van der Waals surface area (Å²) in [6, 6.07) is 0. The fourth-order valence-corrected chi connectivity index (χ4v) is 1.40. The van der Waals surface area contributed by atoms with E-state index in [4.69, 9.17) is 5.11 Å². The van der Waals surface area contributed by atoms with Crippen LogP contribution in [-0.4, -0.2) is 56.2 Å². The third-order valence-electron chi connectivity index (χ3n) is 2.30. The quantitative estimate of drug-likeness (QED) is 0.295. The van der Waals surface area contributed by atoms with Crippen LogP contribution in [0.5, 0.6) is 0 Å². The van der Waals surface area contributed by atoms with Crippen LogP contribution >= 0.6 is 0 Å². The summed E-state index contributed by atoms with van der Waals surface area (Å²) < 4.78 is 0. The number of nitrogens with zero attached hydrogens (tertiary/aromatic N) is 2. The second-order valence-corrected chi connectivity index (χ2v) is 3.57. The first-order chi connectivity index (χ1) is 8.29. The van der Waals surface area contributed by atoms with Crippen LogP contribution in [0.3, 0.4) is 0 Å². The predicted octanol–water partition coefficient (Wildman–Crippen LogP) is 0.389. The summed E-state index contributed by atoms with van der Waals surface area (Å²) in [6.45, 7) is 7.85. The Labute approximate surface area is 105 Å². The zero-order valence-electron chi connectivity index (χ0n) is 11.2. The van der Waals surface area contributed by atoms with Gasteiger partial charge in [0.2, 0.25) is 0 Å². The van der Waals surface area contributed by atoms with Crippen LogP contribution in [0.15, 0.2) is 16.9 Å². The molecule has 0 aliphatic carbocycles. The Kier molecular flexibility index (Phi) is 10.7. The summed E-state index contributed by atoms with van der Waals surface area (Å²) in [5, 5.41) is 15.0. The molecule has 5 nitrogen and oxygen atoms in total. The van der Waals surface area contributed by atoms with Crippen LogP contribution in [0.4, 0.5) is 0 Å². The Morgan fingerprint density at radius 2 is 2.18 bits per heavy atom. The second kappa shape index (κ2) is 11.4. The summed E-state index contributed by atoms with van der Waals surface area (Å²) in [4.78, 5) is 6.52. The first-order valence-electron chi connectivity index (χ1n) is 6.26. The van der Waals surface area contributed by atoms with Crippen molar-refractivity contribution in [3.05, 3.63) is 11.9 Å². The fourth-order valence-electron chi connectivity index (χ4n) is 1.40. The van der Waals surface area contributed by atoms with E-state index in [2.05, 4.69) is 40.4 Å². The minimum Gasteiger partial charge on any atom is -0.396 e. The van der Waals surface area contributed by atoms with Crippen molar-refractivity contribution in [1.29, 1.82) is 0 Å². The van der Waals surface area contributed by atoms with E-state index >= 15 is 0 Å². The summed E-state index contributed by atoms with van der Waals surface area (Å²) in [7, 11) is 1.83. The molecule has 0 radical (unpaired) electrons. The molecule has 0 aromatic rings. The van der Waals surface area contributed by atoms with Crippen LogP contribution < -0.4 is 10.6 Å².